The number of fused-ring (bicyclic) bond motifs is 1. The van der Waals surface area contributed by atoms with Crippen molar-refractivity contribution in [3.8, 4) is 0 Å². The number of rotatable bonds is 4. The maximum atomic E-state index is 13.1. The molecule has 1 amide bonds. The van der Waals surface area contributed by atoms with Crippen LogP contribution in [0, 0.1) is 12.3 Å². The number of aromatic nitrogens is 1. The fourth-order valence-corrected chi connectivity index (χ4v) is 4.31. The molecule has 0 aliphatic carbocycles. The second-order valence-electron chi connectivity index (χ2n) is 7.34. The Morgan fingerprint density at radius 3 is 2.83 bits per heavy atom. The minimum atomic E-state index is -0.122. The van der Waals surface area contributed by atoms with E-state index < -0.39 is 0 Å². The lowest BCUT2D eigenvalue weighted by Gasteiger charge is -2.41. The lowest BCUT2D eigenvalue weighted by atomic mass is 9.77. The van der Waals surface area contributed by atoms with Crippen LogP contribution in [0.2, 0.25) is 0 Å². The van der Waals surface area contributed by atoms with Gasteiger partial charge in [0.1, 0.15) is 5.69 Å². The lowest BCUT2D eigenvalue weighted by Crippen LogP contribution is -2.48. The predicted molar refractivity (Wildman–Crippen MR) is 97.2 cm³/mol. The summed E-state index contributed by atoms with van der Waals surface area (Å²) in [6, 6.07) is 8.17. The number of para-hydroxylation sites is 1. The van der Waals surface area contributed by atoms with Crippen LogP contribution in [0.4, 0.5) is 0 Å². The van der Waals surface area contributed by atoms with Gasteiger partial charge in [0.05, 0.1) is 12.1 Å². The van der Waals surface area contributed by atoms with Gasteiger partial charge in [-0.2, -0.15) is 0 Å². The minimum Gasteiger partial charge on any atom is -0.396 e. The average molecular weight is 328 g/mol. The standard InChI is InChI=1S/C20H28N2O2/c1-4-9-20(14-23)10-6-11-22(13-20)19(24)17-12-16-8-5-7-15(2)18(16)21(17)3/h5,7-8,12,23H,4,6,9-11,13-14H2,1-3H3/t20-/m1/s1. The first-order valence-corrected chi connectivity index (χ1v) is 8.96. The summed E-state index contributed by atoms with van der Waals surface area (Å²) in [4.78, 5) is 15.1. The summed E-state index contributed by atoms with van der Waals surface area (Å²) in [5, 5.41) is 11.0. The summed E-state index contributed by atoms with van der Waals surface area (Å²) in [6.07, 6.45) is 3.99. The minimum absolute atomic E-state index is 0.0849. The van der Waals surface area contributed by atoms with Crippen molar-refractivity contribution in [2.75, 3.05) is 19.7 Å². The van der Waals surface area contributed by atoms with Crippen molar-refractivity contribution in [3.63, 3.8) is 0 Å². The molecule has 0 unspecified atom stereocenters. The zero-order valence-electron chi connectivity index (χ0n) is 15.0. The van der Waals surface area contributed by atoms with Crippen molar-refractivity contribution in [3.05, 3.63) is 35.5 Å². The van der Waals surface area contributed by atoms with E-state index in [1.54, 1.807) is 0 Å². The molecule has 1 aliphatic rings. The highest BCUT2D eigenvalue weighted by Crippen LogP contribution is 2.35. The van der Waals surface area contributed by atoms with Gasteiger partial charge in [0.25, 0.3) is 5.91 Å². The van der Waals surface area contributed by atoms with Gasteiger partial charge in [-0.25, -0.2) is 0 Å². The van der Waals surface area contributed by atoms with E-state index in [1.165, 1.54) is 5.56 Å². The second-order valence-corrected chi connectivity index (χ2v) is 7.34. The molecule has 2 aromatic rings. The molecule has 130 valence electrons. The Hall–Kier alpha value is -1.81. The van der Waals surface area contributed by atoms with Crippen LogP contribution in [-0.4, -0.2) is 40.2 Å². The molecule has 0 bridgehead atoms. The zero-order chi connectivity index (χ0) is 17.3. The molecule has 1 atom stereocenters. The Bertz CT molecular complexity index is 745. The molecular formula is C20H28N2O2. The summed E-state index contributed by atoms with van der Waals surface area (Å²) in [7, 11) is 1.97. The van der Waals surface area contributed by atoms with E-state index in [2.05, 4.69) is 26.0 Å². The number of amides is 1. The number of piperidine rings is 1. The first-order chi connectivity index (χ1) is 11.5. The van der Waals surface area contributed by atoms with Crippen molar-refractivity contribution < 1.29 is 9.90 Å². The van der Waals surface area contributed by atoms with E-state index in [9.17, 15) is 9.90 Å². The van der Waals surface area contributed by atoms with Crippen molar-refractivity contribution in [2.24, 2.45) is 12.5 Å². The smallest absolute Gasteiger partial charge is 0.270 e. The molecule has 1 aromatic carbocycles. The van der Waals surface area contributed by atoms with E-state index >= 15 is 0 Å². The van der Waals surface area contributed by atoms with Crippen LogP contribution in [-0.2, 0) is 7.05 Å². The Labute approximate surface area is 144 Å². The quantitative estimate of drug-likeness (QED) is 0.933. The van der Waals surface area contributed by atoms with Gasteiger partial charge in [-0.3, -0.25) is 4.79 Å². The first-order valence-electron chi connectivity index (χ1n) is 8.96. The Morgan fingerprint density at radius 1 is 1.38 bits per heavy atom. The fourth-order valence-electron chi connectivity index (χ4n) is 4.31. The van der Waals surface area contributed by atoms with Gasteiger partial charge in [0.15, 0.2) is 0 Å². The molecule has 3 rings (SSSR count). The van der Waals surface area contributed by atoms with Gasteiger partial charge in [-0.1, -0.05) is 31.5 Å². The third-order valence-electron chi connectivity index (χ3n) is 5.54. The van der Waals surface area contributed by atoms with E-state index in [-0.39, 0.29) is 17.9 Å². The summed E-state index contributed by atoms with van der Waals surface area (Å²) in [6.45, 7) is 5.83. The lowest BCUT2D eigenvalue weighted by molar-refractivity contribution is 0.0217. The molecule has 1 N–H and O–H groups in total. The third kappa shape index (κ3) is 2.84. The average Bonchev–Trinajstić information content (AvgIpc) is 2.93. The maximum absolute atomic E-state index is 13.1. The maximum Gasteiger partial charge on any atom is 0.270 e. The van der Waals surface area contributed by atoms with Crippen LogP contribution in [0.1, 0.15) is 48.7 Å². The fraction of sp³-hybridized carbons (Fsp3) is 0.550. The van der Waals surface area contributed by atoms with Gasteiger partial charge in [-0.05, 0) is 37.8 Å². The monoisotopic (exact) mass is 328 g/mol. The zero-order valence-corrected chi connectivity index (χ0v) is 15.0. The topological polar surface area (TPSA) is 45.5 Å². The number of nitrogens with zero attached hydrogens (tertiary/aromatic N) is 2. The molecule has 1 aliphatic heterocycles. The number of carbonyl (C=O) groups is 1. The molecule has 1 saturated heterocycles. The summed E-state index contributed by atoms with van der Waals surface area (Å²) >= 11 is 0. The molecular weight excluding hydrogens is 300 g/mol. The molecule has 4 nitrogen and oxygen atoms in total. The van der Waals surface area contributed by atoms with Gasteiger partial charge in [-0.15, -0.1) is 0 Å². The summed E-state index contributed by atoms with van der Waals surface area (Å²) in [5.74, 6) is 0.0849. The molecule has 1 fully saturated rings. The van der Waals surface area contributed by atoms with E-state index in [0.29, 0.717) is 6.54 Å². The molecule has 1 aromatic heterocycles. The summed E-state index contributed by atoms with van der Waals surface area (Å²) in [5.41, 5.74) is 2.93. The Morgan fingerprint density at radius 2 is 2.17 bits per heavy atom. The van der Waals surface area contributed by atoms with Crippen LogP contribution in [0.15, 0.2) is 24.3 Å². The number of benzene rings is 1. The van der Waals surface area contributed by atoms with Crippen LogP contribution in [0.5, 0.6) is 0 Å². The number of aryl methyl sites for hydroxylation is 2. The van der Waals surface area contributed by atoms with Crippen LogP contribution < -0.4 is 0 Å². The third-order valence-corrected chi connectivity index (χ3v) is 5.54. The molecule has 0 saturated carbocycles. The highest BCUT2D eigenvalue weighted by Gasteiger charge is 2.36. The number of aliphatic hydroxyl groups is 1. The van der Waals surface area contributed by atoms with Crippen molar-refractivity contribution in [2.45, 2.75) is 39.5 Å². The first kappa shape index (κ1) is 17.0. The van der Waals surface area contributed by atoms with Crippen molar-refractivity contribution in [1.29, 1.82) is 0 Å². The largest absolute Gasteiger partial charge is 0.396 e. The van der Waals surface area contributed by atoms with Gasteiger partial charge in [0.2, 0.25) is 0 Å². The molecule has 24 heavy (non-hydrogen) atoms. The Balaban J connectivity index is 1.92. The predicted octanol–water partition coefficient (Wildman–Crippen LogP) is 3.50. The number of aliphatic hydroxyl groups excluding tert-OH is 1. The number of carbonyl (C=O) groups excluding carboxylic acids is 1. The molecule has 0 spiro atoms. The van der Waals surface area contributed by atoms with Crippen LogP contribution >= 0.6 is 0 Å². The summed E-state index contributed by atoms with van der Waals surface area (Å²) < 4.78 is 2.02. The number of hydrogen-bond acceptors (Lipinski definition) is 2. The van der Waals surface area contributed by atoms with Gasteiger partial charge < -0.3 is 14.6 Å². The van der Waals surface area contributed by atoms with Crippen LogP contribution in [0.25, 0.3) is 10.9 Å². The van der Waals surface area contributed by atoms with Gasteiger partial charge in [0, 0.05) is 30.9 Å². The van der Waals surface area contributed by atoms with E-state index in [0.717, 1.165) is 48.8 Å². The second kappa shape index (κ2) is 6.60. The highest BCUT2D eigenvalue weighted by atomic mass is 16.3. The van der Waals surface area contributed by atoms with Gasteiger partial charge >= 0.3 is 0 Å². The molecule has 2 heterocycles. The van der Waals surface area contributed by atoms with E-state index in [1.807, 2.05) is 28.6 Å². The van der Waals surface area contributed by atoms with Crippen LogP contribution in [0.3, 0.4) is 0 Å². The Kier molecular flexibility index (Phi) is 4.68. The van der Waals surface area contributed by atoms with E-state index in [4.69, 9.17) is 0 Å². The highest BCUT2D eigenvalue weighted by molar-refractivity contribution is 5.99. The molecule has 4 heteroatoms. The van der Waals surface area contributed by atoms with Crippen molar-refractivity contribution >= 4 is 16.8 Å². The number of likely N-dealkylation sites (tertiary alicyclic amines) is 1. The normalized spacial score (nSPS) is 21.4. The van der Waals surface area contributed by atoms with Crippen molar-refractivity contribution in [1.82, 2.24) is 9.47 Å². The SMILES string of the molecule is CCC[C@@]1(CO)CCCN(C(=O)c2cc3cccc(C)c3n2C)C1. The number of hydrogen-bond donors (Lipinski definition) is 1. The molecule has 0 radical (unpaired) electrons.